The largest absolute Gasteiger partial charge is 0.390 e. The monoisotopic (exact) mass is 514 g/mol. The summed E-state index contributed by atoms with van der Waals surface area (Å²) in [7, 11) is 0. The van der Waals surface area contributed by atoms with Crippen LogP contribution in [0.3, 0.4) is 0 Å². The van der Waals surface area contributed by atoms with E-state index in [2.05, 4.69) is 42.9 Å². The van der Waals surface area contributed by atoms with Crippen LogP contribution in [0.4, 0.5) is 11.6 Å². The molecule has 2 N–H and O–H groups in total. The van der Waals surface area contributed by atoms with E-state index in [1.165, 1.54) is 24.7 Å². The molecule has 0 radical (unpaired) electrons. The summed E-state index contributed by atoms with van der Waals surface area (Å²) in [4.78, 5) is 28.6. The van der Waals surface area contributed by atoms with Crippen molar-refractivity contribution in [3.8, 4) is 0 Å². The molecular formula is C28H27ClN6O2. The molecule has 2 aliphatic carbocycles. The van der Waals surface area contributed by atoms with Crippen molar-refractivity contribution in [1.82, 2.24) is 19.4 Å². The summed E-state index contributed by atoms with van der Waals surface area (Å²) in [6.45, 7) is 0.636. The fourth-order valence-electron chi connectivity index (χ4n) is 5.60. The molecule has 3 fully saturated rings. The maximum absolute atomic E-state index is 12.9. The van der Waals surface area contributed by atoms with Crippen LogP contribution in [0.5, 0.6) is 0 Å². The van der Waals surface area contributed by atoms with Gasteiger partial charge in [0.15, 0.2) is 0 Å². The number of nitrogens with one attached hydrogen (secondary N) is 1. The zero-order valence-corrected chi connectivity index (χ0v) is 20.9. The third-order valence-corrected chi connectivity index (χ3v) is 8.05. The van der Waals surface area contributed by atoms with E-state index in [1.54, 1.807) is 6.07 Å². The average Bonchev–Trinajstić information content (AvgIpc) is 3.81. The standard InChI is InChI=1S/C28H27ClN6O2/c29-19-3-1-2-17(10-19)20-11-21(20)28(37)33-24-12-26(31-15-30-24)35-9-8-23(36)27(35)22-14-34-13-18(16-4-5-16)6-7-25(34)32-22/h1-3,6-7,10,12-16,20-21,23,27,36H,4-5,8-9,11H2,(H,30,31,33,37)/t20?,21-,23+,27-/m0/s1. The summed E-state index contributed by atoms with van der Waals surface area (Å²) in [5.74, 6) is 1.79. The van der Waals surface area contributed by atoms with Crippen molar-refractivity contribution in [2.75, 3.05) is 16.8 Å². The van der Waals surface area contributed by atoms with Gasteiger partial charge in [-0.3, -0.25) is 4.79 Å². The molecule has 3 aromatic heterocycles. The lowest BCUT2D eigenvalue weighted by Gasteiger charge is -2.26. The number of anilines is 2. The summed E-state index contributed by atoms with van der Waals surface area (Å²) in [6, 6.07) is 13.4. The van der Waals surface area contributed by atoms with E-state index >= 15 is 0 Å². The highest BCUT2D eigenvalue weighted by Gasteiger charge is 2.44. The summed E-state index contributed by atoms with van der Waals surface area (Å²) in [5.41, 5.74) is 4.10. The van der Waals surface area contributed by atoms with Crippen molar-refractivity contribution >= 4 is 34.8 Å². The predicted molar refractivity (Wildman–Crippen MR) is 141 cm³/mol. The van der Waals surface area contributed by atoms with E-state index in [0.29, 0.717) is 35.5 Å². The predicted octanol–water partition coefficient (Wildman–Crippen LogP) is 4.71. The van der Waals surface area contributed by atoms with Crippen LogP contribution in [0.2, 0.25) is 5.02 Å². The Balaban J connectivity index is 1.09. The smallest absolute Gasteiger partial charge is 0.229 e. The Morgan fingerprint density at radius 2 is 1.95 bits per heavy atom. The van der Waals surface area contributed by atoms with Gasteiger partial charge in [-0.25, -0.2) is 15.0 Å². The van der Waals surface area contributed by atoms with Crippen molar-refractivity contribution in [1.29, 1.82) is 0 Å². The average molecular weight is 515 g/mol. The number of benzene rings is 1. The Morgan fingerprint density at radius 3 is 2.78 bits per heavy atom. The number of aliphatic hydroxyl groups is 1. The van der Waals surface area contributed by atoms with Crippen molar-refractivity contribution in [2.45, 2.75) is 49.7 Å². The molecule has 8 nitrogen and oxygen atoms in total. The van der Waals surface area contributed by atoms with Gasteiger partial charge in [-0.1, -0.05) is 29.8 Å². The maximum atomic E-state index is 12.9. The van der Waals surface area contributed by atoms with Crippen LogP contribution in [-0.2, 0) is 4.79 Å². The minimum Gasteiger partial charge on any atom is -0.390 e. The highest BCUT2D eigenvalue weighted by Crippen LogP contribution is 2.48. The van der Waals surface area contributed by atoms with Gasteiger partial charge < -0.3 is 19.7 Å². The quantitative estimate of drug-likeness (QED) is 0.387. The lowest BCUT2D eigenvalue weighted by Crippen LogP contribution is -2.28. The normalized spacial score (nSPS) is 25.0. The Morgan fingerprint density at radius 1 is 1.05 bits per heavy atom. The molecule has 188 valence electrons. The number of carbonyl (C=O) groups is 1. The van der Waals surface area contributed by atoms with Gasteiger partial charge in [-0.2, -0.15) is 0 Å². The first-order chi connectivity index (χ1) is 18.0. The molecule has 37 heavy (non-hydrogen) atoms. The minimum atomic E-state index is -0.564. The Kier molecular flexibility index (Phi) is 5.41. The van der Waals surface area contributed by atoms with E-state index < -0.39 is 6.10 Å². The van der Waals surface area contributed by atoms with Crippen LogP contribution >= 0.6 is 11.6 Å². The molecule has 0 spiro atoms. The van der Waals surface area contributed by atoms with Gasteiger partial charge in [0.25, 0.3) is 0 Å². The SMILES string of the molecule is O=C(Nc1cc(N2CC[C@@H](O)[C@@H]2c2cn3cc(C4CC4)ccc3n2)ncn1)[C@H]1CC1c1cccc(Cl)c1. The van der Waals surface area contributed by atoms with Gasteiger partial charge in [0.1, 0.15) is 29.7 Å². The molecule has 4 aromatic rings. The summed E-state index contributed by atoms with van der Waals surface area (Å²) < 4.78 is 2.06. The molecule has 1 aliphatic heterocycles. The van der Waals surface area contributed by atoms with Gasteiger partial charge in [-0.05, 0) is 66.8 Å². The number of halogens is 1. The molecule has 4 atom stereocenters. The summed E-state index contributed by atoms with van der Waals surface area (Å²) >= 11 is 6.12. The third kappa shape index (κ3) is 4.34. The molecule has 9 heteroatoms. The first kappa shape index (κ1) is 22.7. The molecular weight excluding hydrogens is 488 g/mol. The number of rotatable bonds is 6. The molecule has 1 amide bonds. The number of aliphatic hydroxyl groups excluding tert-OH is 1. The number of aromatic nitrogens is 4. The first-order valence-corrected chi connectivity index (χ1v) is 13.2. The number of hydrogen-bond donors (Lipinski definition) is 2. The topological polar surface area (TPSA) is 95.7 Å². The van der Waals surface area contributed by atoms with E-state index in [0.717, 1.165) is 23.3 Å². The van der Waals surface area contributed by atoms with E-state index in [9.17, 15) is 9.90 Å². The Labute approximate surface area is 219 Å². The second-order valence-corrected chi connectivity index (χ2v) is 10.9. The second-order valence-electron chi connectivity index (χ2n) is 10.4. The second kappa shape index (κ2) is 8.82. The van der Waals surface area contributed by atoms with Gasteiger partial charge in [0.2, 0.25) is 5.91 Å². The zero-order chi connectivity index (χ0) is 25.1. The number of amides is 1. The molecule has 0 bridgehead atoms. The molecule has 1 aromatic carbocycles. The molecule has 2 saturated carbocycles. The Hall–Kier alpha value is -3.49. The fraction of sp³-hybridized carbons (Fsp3) is 0.357. The van der Waals surface area contributed by atoms with Crippen LogP contribution in [0.1, 0.15) is 60.4 Å². The summed E-state index contributed by atoms with van der Waals surface area (Å²) in [6.07, 6.45) is 8.96. The van der Waals surface area contributed by atoms with Crippen LogP contribution in [0.25, 0.3) is 5.65 Å². The van der Waals surface area contributed by atoms with Crippen LogP contribution < -0.4 is 10.2 Å². The van der Waals surface area contributed by atoms with Crippen molar-refractivity contribution in [2.24, 2.45) is 5.92 Å². The van der Waals surface area contributed by atoms with Crippen molar-refractivity contribution in [3.63, 3.8) is 0 Å². The number of nitrogens with zero attached hydrogens (tertiary/aromatic N) is 5. The van der Waals surface area contributed by atoms with Gasteiger partial charge >= 0.3 is 0 Å². The molecule has 3 aliphatic rings. The number of hydrogen-bond acceptors (Lipinski definition) is 6. The number of imidazole rings is 1. The van der Waals surface area contributed by atoms with Crippen LogP contribution in [0.15, 0.2) is 61.2 Å². The van der Waals surface area contributed by atoms with Gasteiger partial charge in [0.05, 0.1) is 11.8 Å². The van der Waals surface area contributed by atoms with Gasteiger partial charge in [0, 0.05) is 35.9 Å². The number of pyridine rings is 1. The number of carbonyl (C=O) groups excluding carboxylic acids is 1. The van der Waals surface area contributed by atoms with Crippen LogP contribution in [-0.4, -0.2) is 43.0 Å². The summed E-state index contributed by atoms with van der Waals surface area (Å²) in [5, 5.41) is 14.5. The lowest BCUT2D eigenvalue weighted by atomic mass is 10.1. The van der Waals surface area contributed by atoms with E-state index in [-0.39, 0.29) is 23.8 Å². The Bertz CT molecular complexity index is 1500. The van der Waals surface area contributed by atoms with E-state index in [4.69, 9.17) is 16.6 Å². The highest BCUT2D eigenvalue weighted by atomic mass is 35.5. The van der Waals surface area contributed by atoms with Crippen molar-refractivity contribution < 1.29 is 9.90 Å². The van der Waals surface area contributed by atoms with E-state index in [1.807, 2.05) is 30.5 Å². The molecule has 7 rings (SSSR count). The maximum Gasteiger partial charge on any atom is 0.229 e. The first-order valence-electron chi connectivity index (χ1n) is 12.8. The zero-order valence-electron chi connectivity index (χ0n) is 20.2. The highest BCUT2D eigenvalue weighted by molar-refractivity contribution is 6.30. The van der Waals surface area contributed by atoms with Crippen LogP contribution in [0, 0.1) is 5.92 Å². The third-order valence-electron chi connectivity index (χ3n) is 7.81. The molecule has 4 heterocycles. The molecule has 1 saturated heterocycles. The fourth-order valence-corrected chi connectivity index (χ4v) is 5.80. The van der Waals surface area contributed by atoms with Crippen molar-refractivity contribution in [3.05, 3.63) is 83.0 Å². The lowest BCUT2D eigenvalue weighted by molar-refractivity contribution is -0.117. The molecule has 1 unspecified atom stereocenters. The number of fused-ring (bicyclic) bond motifs is 1. The minimum absolute atomic E-state index is 0.0561. The van der Waals surface area contributed by atoms with Gasteiger partial charge in [-0.15, -0.1) is 0 Å².